The molecule has 0 aromatic heterocycles. The molecule has 4 heteroatoms. The highest BCUT2D eigenvalue weighted by atomic mass is 16.2. The number of hydrogen-bond acceptors (Lipinski definition) is 2. The summed E-state index contributed by atoms with van der Waals surface area (Å²) in [7, 11) is 0. The van der Waals surface area contributed by atoms with E-state index in [0.717, 1.165) is 51.5 Å². The van der Waals surface area contributed by atoms with Crippen molar-refractivity contribution in [2.45, 2.75) is 57.0 Å². The molecule has 2 amide bonds. The Morgan fingerprint density at radius 2 is 1.81 bits per heavy atom. The average molecular weight is 289 g/mol. The molecule has 1 aromatic carbocycles. The lowest BCUT2D eigenvalue weighted by Gasteiger charge is -2.26. The minimum Gasteiger partial charge on any atom is -0.338 e. The van der Waals surface area contributed by atoms with Gasteiger partial charge in [-0.15, -0.1) is 0 Å². The first-order chi connectivity index (χ1) is 10.2. The first-order valence-electron chi connectivity index (χ1n) is 8.08. The molecule has 4 N–H and O–H groups in total. The first-order valence-corrected chi connectivity index (χ1v) is 8.08. The number of rotatable bonds is 6. The second-order valence-corrected chi connectivity index (χ2v) is 5.95. The van der Waals surface area contributed by atoms with Crippen LogP contribution >= 0.6 is 0 Å². The number of hydrogen-bond donors (Lipinski definition) is 3. The molecular formula is C17H27N3O. The van der Waals surface area contributed by atoms with E-state index in [4.69, 9.17) is 5.73 Å². The quantitative estimate of drug-likeness (QED) is 0.705. The summed E-state index contributed by atoms with van der Waals surface area (Å²) in [4.78, 5) is 11.8. The van der Waals surface area contributed by atoms with Crippen molar-refractivity contribution in [1.29, 1.82) is 0 Å². The molecule has 0 spiro atoms. The van der Waals surface area contributed by atoms with Crippen LogP contribution in [0.5, 0.6) is 0 Å². The van der Waals surface area contributed by atoms with Gasteiger partial charge in [-0.1, -0.05) is 30.3 Å². The van der Waals surface area contributed by atoms with E-state index in [1.807, 2.05) is 6.07 Å². The van der Waals surface area contributed by atoms with Gasteiger partial charge < -0.3 is 16.4 Å². The Kier molecular flexibility index (Phi) is 6.54. The smallest absolute Gasteiger partial charge is 0.315 e. The van der Waals surface area contributed by atoms with Crippen molar-refractivity contribution < 1.29 is 4.79 Å². The Hall–Kier alpha value is -1.55. The monoisotopic (exact) mass is 289 g/mol. The Morgan fingerprint density at radius 3 is 2.52 bits per heavy atom. The summed E-state index contributed by atoms with van der Waals surface area (Å²) in [6.45, 7) is 0.741. The molecule has 0 radical (unpaired) electrons. The Balaban J connectivity index is 1.51. The van der Waals surface area contributed by atoms with Gasteiger partial charge in [-0.25, -0.2) is 4.79 Å². The summed E-state index contributed by atoms with van der Waals surface area (Å²) in [6, 6.07) is 11.1. The normalized spacial score (nSPS) is 21.8. The summed E-state index contributed by atoms with van der Waals surface area (Å²) in [5, 5.41) is 5.99. The van der Waals surface area contributed by atoms with Crippen LogP contribution in [0.15, 0.2) is 30.3 Å². The van der Waals surface area contributed by atoms with Crippen LogP contribution in [0.3, 0.4) is 0 Å². The molecule has 116 valence electrons. The third-order valence-corrected chi connectivity index (χ3v) is 4.13. The topological polar surface area (TPSA) is 67.1 Å². The van der Waals surface area contributed by atoms with Gasteiger partial charge in [-0.3, -0.25) is 0 Å². The van der Waals surface area contributed by atoms with Gasteiger partial charge in [0.2, 0.25) is 0 Å². The molecule has 1 aliphatic rings. The van der Waals surface area contributed by atoms with E-state index >= 15 is 0 Å². The van der Waals surface area contributed by atoms with Gasteiger partial charge in [0.05, 0.1) is 0 Å². The zero-order valence-corrected chi connectivity index (χ0v) is 12.7. The van der Waals surface area contributed by atoms with Crippen molar-refractivity contribution in [2.75, 3.05) is 6.54 Å². The predicted molar refractivity (Wildman–Crippen MR) is 86.1 cm³/mol. The standard InChI is InChI=1S/C17H27N3O/c18-15-9-11-16(12-10-15)20-17(21)19-13-5-4-8-14-6-2-1-3-7-14/h1-3,6-7,15-16H,4-5,8-13,18H2,(H2,19,20,21). The van der Waals surface area contributed by atoms with E-state index < -0.39 is 0 Å². The molecule has 1 aliphatic carbocycles. The van der Waals surface area contributed by atoms with Crippen molar-refractivity contribution in [3.05, 3.63) is 35.9 Å². The molecule has 21 heavy (non-hydrogen) atoms. The second kappa shape index (κ2) is 8.67. The van der Waals surface area contributed by atoms with E-state index in [9.17, 15) is 4.79 Å². The maximum atomic E-state index is 11.8. The van der Waals surface area contributed by atoms with Crippen LogP contribution in [0.1, 0.15) is 44.1 Å². The molecule has 0 atom stereocenters. The number of nitrogens with one attached hydrogen (secondary N) is 2. The molecule has 1 fully saturated rings. The third-order valence-electron chi connectivity index (χ3n) is 4.13. The van der Waals surface area contributed by atoms with Crippen LogP contribution in [-0.4, -0.2) is 24.7 Å². The average Bonchev–Trinajstić information content (AvgIpc) is 2.50. The van der Waals surface area contributed by atoms with Crippen LogP contribution in [0, 0.1) is 0 Å². The lowest BCUT2D eigenvalue weighted by atomic mass is 9.92. The largest absolute Gasteiger partial charge is 0.338 e. The molecule has 1 saturated carbocycles. The molecule has 0 aliphatic heterocycles. The molecule has 0 heterocycles. The molecule has 2 rings (SSSR count). The van der Waals surface area contributed by atoms with Crippen LogP contribution in [0.2, 0.25) is 0 Å². The molecule has 0 unspecified atom stereocenters. The highest BCUT2D eigenvalue weighted by Crippen LogP contribution is 2.16. The predicted octanol–water partition coefficient (Wildman–Crippen LogP) is 2.58. The second-order valence-electron chi connectivity index (χ2n) is 5.95. The number of unbranched alkanes of at least 4 members (excludes halogenated alkanes) is 1. The Labute approximate surface area is 127 Å². The minimum absolute atomic E-state index is 0.0322. The fourth-order valence-corrected chi connectivity index (χ4v) is 2.80. The van der Waals surface area contributed by atoms with Crippen molar-refractivity contribution in [1.82, 2.24) is 10.6 Å². The molecule has 0 bridgehead atoms. The van der Waals surface area contributed by atoms with Crippen molar-refractivity contribution >= 4 is 6.03 Å². The van der Waals surface area contributed by atoms with E-state index in [1.165, 1.54) is 5.56 Å². The van der Waals surface area contributed by atoms with Gasteiger partial charge in [0.25, 0.3) is 0 Å². The summed E-state index contributed by atoms with van der Waals surface area (Å²) in [5.41, 5.74) is 7.22. The third kappa shape index (κ3) is 6.17. The van der Waals surface area contributed by atoms with Gasteiger partial charge in [0.15, 0.2) is 0 Å². The van der Waals surface area contributed by atoms with Crippen LogP contribution in [0.25, 0.3) is 0 Å². The Morgan fingerprint density at radius 1 is 1.10 bits per heavy atom. The molecular weight excluding hydrogens is 262 g/mol. The van der Waals surface area contributed by atoms with Crippen LogP contribution in [-0.2, 0) is 6.42 Å². The highest BCUT2D eigenvalue weighted by molar-refractivity contribution is 5.74. The van der Waals surface area contributed by atoms with Crippen molar-refractivity contribution in [3.63, 3.8) is 0 Å². The fraction of sp³-hybridized carbons (Fsp3) is 0.588. The van der Waals surface area contributed by atoms with Gasteiger partial charge in [-0.05, 0) is 50.5 Å². The van der Waals surface area contributed by atoms with Crippen LogP contribution in [0.4, 0.5) is 4.79 Å². The van der Waals surface area contributed by atoms with E-state index in [-0.39, 0.29) is 6.03 Å². The van der Waals surface area contributed by atoms with Crippen molar-refractivity contribution in [2.24, 2.45) is 5.73 Å². The number of nitrogens with two attached hydrogens (primary N) is 1. The number of benzene rings is 1. The lowest BCUT2D eigenvalue weighted by molar-refractivity contribution is 0.231. The fourth-order valence-electron chi connectivity index (χ4n) is 2.80. The zero-order chi connectivity index (χ0) is 14.9. The van der Waals surface area contributed by atoms with Crippen LogP contribution < -0.4 is 16.4 Å². The van der Waals surface area contributed by atoms with Gasteiger partial charge in [0.1, 0.15) is 0 Å². The van der Waals surface area contributed by atoms with E-state index in [1.54, 1.807) is 0 Å². The maximum Gasteiger partial charge on any atom is 0.315 e. The van der Waals surface area contributed by atoms with Gasteiger partial charge in [0, 0.05) is 18.6 Å². The molecule has 4 nitrogen and oxygen atoms in total. The summed E-state index contributed by atoms with van der Waals surface area (Å²) >= 11 is 0. The SMILES string of the molecule is NC1CCC(NC(=O)NCCCCc2ccccc2)CC1. The summed E-state index contributed by atoms with van der Waals surface area (Å²) in [5.74, 6) is 0. The highest BCUT2D eigenvalue weighted by Gasteiger charge is 2.19. The van der Waals surface area contributed by atoms with E-state index in [0.29, 0.717) is 12.1 Å². The van der Waals surface area contributed by atoms with Crippen molar-refractivity contribution in [3.8, 4) is 0 Å². The zero-order valence-electron chi connectivity index (χ0n) is 12.7. The summed E-state index contributed by atoms with van der Waals surface area (Å²) < 4.78 is 0. The Bertz CT molecular complexity index is 413. The van der Waals surface area contributed by atoms with E-state index in [2.05, 4.69) is 34.9 Å². The van der Waals surface area contributed by atoms with Gasteiger partial charge >= 0.3 is 6.03 Å². The number of urea groups is 1. The number of amides is 2. The van der Waals surface area contributed by atoms with Gasteiger partial charge in [-0.2, -0.15) is 0 Å². The molecule has 0 saturated heterocycles. The lowest BCUT2D eigenvalue weighted by Crippen LogP contribution is -2.45. The minimum atomic E-state index is -0.0322. The number of carbonyl (C=O) groups excluding carboxylic acids is 1. The number of aryl methyl sites for hydroxylation is 1. The first kappa shape index (κ1) is 15.8. The summed E-state index contributed by atoms with van der Waals surface area (Å²) in [6.07, 6.45) is 7.22. The maximum absolute atomic E-state index is 11.8. The number of carbonyl (C=O) groups is 1. The molecule has 1 aromatic rings.